The summed E-state index contributed by atoms with van der Waals surface area (Å²) in [6.45, 7) is 4.05. The first-order valence-corrected chi connectivity index (χ1v) is 6.87. The first kappa shape index (κ1) is 14.3. The molecule has 0 radical (unpaired) electrons. The normalized spacial score (nSPS) is 10.3. The number of halogens is 1. The second kappa shape index (κ2) is 8.37. The molecule has 0 bridgehead atoms. The van der Waals surface area contributed by atoms with Crippen LogP contribution in [-0.2, 0) is 10.1 Å². The van der Waals surface area contributed by atoms with Gasteiger partial charge >= 0.3 is 0 Å². The van der Waals surface area contributed by atoms with Gasteiger partial charge in [0, 0.05) is 23.6 Å². The molecule has 0 spiro atoms. The molecule has 0 aliphatic rings. The summed E-state index contributed by atoms with van der Waals surface area (Å²) in [5, 5.41) is 0.766. The Morgan fingerprint density at radius 2 is 2.00 bits per heavy atom. The van der Waals surface area contributed by atoms with Crippen LogP contribution in [-0.4, -0.2) is 26.9 Å². The minimum Gasteiger partial charge on any atom is -0.497 e. The Bertz CT molecular complexity index is 328. The summed E-state index contributed by atoms with van der Waals surface area (Å²) in [5.41, 5.74) is 1.11. The average molecular weight is 303 g/mol. The smallest absolute Gasteiger partial charge is 0.127 e. The van der Waals surface area contributed by atoms with E-state index in [2.05, 4.69) is 22.9 Å². The number of methoxy groups -OCH3 is 1. The summed E-state index contributed by atoms with van der Waals surface area (Å²) in [5.74, 6) is 1.65. The summed E-state index contributed by atoms with van der Waals surface area (Å²) >= 11 is 3.44. The Hall–Kier alpha value is -0.740. The maximum atomic E-state index is 5.68. The van der Waals surface area contributed by atoms with Crippen LogP contribution in [0.3, 0.4) is 0 Å². The van der Waals surface area contributed by atoms with Gasteiger partial charge in [-0.05, 0) is 12.5 Å². The first-order chi connectivity index (χ1) is 8.31. The molecule has 0 N–H and O–H groups in total. The summed E-state index contributed by atoms with van der Waals surface area (Å²) in [6.07, 6.45) is 1.03. The van der Waals surface area contributed by atoms with Crippen LogP contribution in [0.4, 0.5) is 0 Å². The Morgan fingerprint density at radius 1 is 1.18 bits per heavy atom. The average Bonchev–Trinajstić information content (AvgIpc) is 2.38. The van der Waals surface area contributed by atoms with E-state index in [1.165, 1.54) is 0 Å². The molecule has 0 fully saturated rings. The van der Waals surface area contributed by atoms with Crippen LogP contribution in [0.25, 0.3) is 0 Å². The fourth-order valence-corrected chi connectivity index (χ4v) is 1.83. The van der Waals surface area contributed by atoms with Crippen LogP contribution in [0.2, 0.25) is 0 Å². The van der Waals surface area contributed by atoms with E-state index >= 15 is 0 Å². The second-order valence-electron chi connectivity index (χ2n) is 3.57. The van der Waals surface area contributed by atoms with Gasteiger partial charge in [0.05, 0.1) is 13.7 Å². The van der Waals surface area contributed by atoms with Crippen molar-refractivity contribution in [1.29, 1.82) is 0 Å². The molecular weight excluding hydrogens is 284 g/mol. The molecule has 17 heavy (non-hydrogen) atoms. The lowest BCUT2D eigenvalue weighted by atomic mass is 10.2. The SMILES string of the molecule is CCCOCCOc1cc(OC)ccc1CBr. The predicted octanol–water partition coefficient (Wildman–Crippen LogP) is 3.40. The van der Waals surface area contributed by atoms with Gasteiger partial charge in [0.25, 0.3) is 0 Å². The lowest BCUT2D eigenvalue weighted by Crippen LogP contribution is -2.08. The molecule has 3 nitrogen and oxygen atoms in total. The van der Waals surface area contributed by atoms with E-state index in [0.717, 1.165) is 35.4 Å². The third-order valence-corrected chi connectivity index (χ3v) is 2.86. The molecule has 4 heteroatoms. The Labute approximate surface area is 111 Å². The monoisotopic (exact) mass is 302 g/mol. The topological polar surface area (TPSA) is 27.7 Å². The van der Waals surface area contributed by atoms with Gasteiger partial charge in [-0.25, -0.2) is 0 Å². The molecule has 0 saturated carbocycles. The molecule has 0 heterocycles. The van der Waals surface area contributed by atoms with Crippen molar-refractivity contribution in [2.24, 2.45) is 0 Å². The van der Waals surface area contributed by atoms with E-state index in [9.17, 15) is 0 Å². The minimum atomic E-state index is 0.563. The third-order valence-electron chi connectivity index (χ3n) is 2.25. The molecule has 0 saturated heterocycles. The zero-order valence-corrected chi connectivity index (χ0v) is 12.0. The van der Waals surface area contributed by atoms with Gasteiger partial charge in [-0.1, -0.05) is 28.9 Å². The van der Waals surface area contributed by atoms with Crippen LogP contribution in [0.1, 0.15) is 18.9 Å². The van der Waals surface area contributed by atoms with Crippen molar-refractivity contribution in [3.63, 3.8) is 0 Å². The molecule has 1 aromatic carbocycles. The largest absolute Gasteiger partial charge is 0.497 e. The Kier molecular flexibility index (Phi) is 7.05. The maximum absolute atomic E-state index is 5.68. The summed E-state index contributed by atoms with van der Waals surface area (Å²) in [4.78, 5) is 0. The third kappa shape index (κ3) is 4.96. The molecule has 0 unspecified atom stereocenters. The predicted molar refractivity (Wildman–Crippen MR) is 72.2 cm³/mol. The van der Waals surface area contributed by atoms with E-state index in [-0.39, 0.29) is 0 Å². The molecule has 0 aliphatic heterocycles. The van der Waals surface area contributed by atoms with Gasteiger partial charge < -0.3 is 14.2 Å². The molecule has 1 aromatic rings. The summed E-state index contributed by atoms with van der Waals surface area (Å²) < 4.78 is 16.2. The molecule has 0 aromatic heterocycles. The first-order valence-electron chi connectivity index (χ1n) is 5.75. The van der Waals surface area contributed by atoms with Gasteiger partial charge in [0.2, 0.25) is 0 Å². The second-order valence-corrected chi connectivity index (χ2v) is 4.13. The number of rotatable bonds is 8. The van der Waals surface area contributed by atoms with E-state index in [1.54, 1.807) is 7.11 Å². The van der Waals surface area contributed by atoms with E-state index < -0.39 is 0 Å². The lowest BCUT2D eigenvalue weighted by molar-refractivity contribution is 0.100. The fraction of sp³-hybridized carbons (Fsp3) is 0.538. The highest BCUT2D eigenvalue weighted by Crippen LogP contribution is 2.26. The van der Waals surface area contributed by atoms with Crippen LogP contribution < -0.4 is 9.47 Å². The number of hydrogen-bond donors (Lipinski definition) is 0. The number of alkyl halides is 1. The van der Waals surface area contributed by atoms with E-state index in [4.69, 9.17) is 14.2 Å². The molecule has 1 rings (SSSR count). The van der Waals surface area contributed by atoms with Gasteiger partial charge in [0.1, 0.15) is 18.1 Å². The van der Waals surface area contributed by atoms with Crippen LogP contribution in [0.5, 0.6) is 11.5 Å². The zero-order chi connectivity index (χ0) is 12.5. The highest BCUT2D eigenvalue weighted by atomic mass is 79.9. The maximum Gasteiger partial charge on any atom is 0.127 e. The highest BCUT2D eigenvalue weighted by molar-refractivity contribution is 9.08. The van der Waals surface area contributed by atoms with E-state index in [1.807, 2.05) is 18.2 Å². The van der Waals surface area contributed by atoms with Crippen molar-refractivity contribution in [2.75, 3.05) is 26.9 Å². The number of hydrogen-bond acceptors (Lipinski definition) is 3. The van der Waals surface area contributed by atoms with E-state index in [0.29, 0.717) is 13.2 Å². The molecule has 96 valence electrons. The van der Waals surface area contributed by atoms with Gasteiger partial charge in [-0.2, -0.15) is 0 Å². The Morgan fingerprint density at radius 3 is 2.65 bits per heavy atom. The molecule has 0 atom stereocenters. The van der Waals surface area contributed by atoms with Crippen LogP contribution in [0, 0.1) is 0 Å². The molecule has 0 amide bonds. The fourth-order valence-electron chi connectivity index (χ4n) is 1.36. The van der Waals surface area contributed by atoms with Crippen molar-refractivity contribution in [2.45, 2.75) is 18.7 Å². The van der Waals surface area contributed by atoms with Crippen molar-refractivity contribution in [3.8, 4) is 11.5 Å². The van der Waals surface area contributed by atoms with Crippen molar-refractivity contribution in [1.82, 2.24) is 0 Å². The molecular formula is C13H19BrO3. The standard InChI is InChI=1S/C13H19BrO3/c1-3-6-16-7-8-17-13-9-12(15-2)5-4-11(13)10-14/h4-5,9H,3,6-8,10H2,1-2H3. The highest BCUT2D eigenvalue weighted by Gasteiger charge is 2.04. The quantitative estimate of drug-likeness (QED) is 0.544. The zero-order valence-electron chi connectivity index (χ0n) is 10.4. The van der Waals surface area contributed by atoms with Crippen molar-refractivity contribution >= 4 is 15.9 Å². The van der Waals surface area contributed by atoms with Crippen LogP contribution in [0.15, 0.2) is 18.2 Å². The summed E-state index contributed by atoms with van der Waals surface area (Å²) in [6, 6.07) is 5.82. The van der Waals surface area contributed by atoms with Gasteiger partial charge in [0.15, 0.2) is 0 Å². The number of benzene rings is 1. The summed E-state index contributed by atoms with van der Waals surface area (Å²) in [7, 11) is 1.65. The lowest BCUT2D eigenvalue weighted by Gasteiger charge is -2.11. The molecule has 0 aliphatic carbocycles. The van der Waals surface area contributed by atoms with Gasteiger partial charge in [-0.15, -0.1) is 0 Å². The Balaban J connectivity index is 2.49. The number of ether oxygens (including phenoxy) is 3. The van der Waals surface area contributed by atoms with Crippen molar-refractivity contribution in [3.05, 3.63) is 23.8 Å². The van der Waals surface area contributed by atoms with Crippen LogP contribution >= 0.6 is 15.9 Å². The minimum absolute atomic E-state index is 0.563. The van der Waals surface area contributed by atoms with Gasteiger partial charge in [-0.3, -0.25) is 0 Å². The van der Waals surface area contributed by atoms with Crippen molar-refractivity contribution < 1.29 is 14.2 Å².